The molecule has 5 rings (SSSR count). The summed E-state index contributed by atoms with van der Waals surface area (Å²) < 4.78 is 28.8. The predicted molar refractivity (Wildman–Crippen MR) is 93.8 cm³/mol. The summed E-state index contributed by atoms with van der Waals surface area (Å²) in [6.07, 6.45) is 9.17. The van der Waals surface area contributed by atoms with Gasteiger partial charge in [-0.1, -0.05) is 0 Å². The fourth-order valence-electron chi connectivity index (χ4n) is 3.64. The van der Waals surface area contributed by atoms with Crippen LogP contribution in [0.1, 0.15) is 44.6 Å². The van der Waals surface area contributed by atoms with Crippen molar-refractivity contribution in [3.8, 4) is 0 Å². The number of fused-ring (bicyclic) bond motifs is 1. The van der Waals surface area contributed by atoms with Crippen molar-refractivity contribution in [1.82, 2.24) is 23.8 Å². The van der Waals surface area contributed by atoms with E-state index in [4.69, 9.17) is 0 Å². The number of sulfonamides is 1. The fraction of sp³-hybridized carbons (Fsp3) is 0.688. The lowest BCUT2D eigenvalue weighted by Gasteiger charge is -2.32. The standard InChI is InChI=1S/C16H22N6O2S/c23-25(24,13-5-6-13)21-7-1-2-11(8-21)20-15-14-16(18-9-17-15)22(10-19-14)12-3-4-12/h9-13H,1-8H2,(H,17,18,20)/t11-/m1/s1. The molecule has 3 fully saturated rings. The first-order chi connectivity index (χ1) is 12.1. The average Bonchev–Trinajstić information content (AvgIpc) is 3.52. The number of imidazole rings is 1. The lowest BCUT2D eigenvalue weighted by molar-refractivity contribution is 0.326. The summed E-state index contributed by atoms with van der Waals surface area (Å²) in [5, 5.41) is 3.28. The molecular weight excluding hydrogens is 340 g/mol. The SMILES string of the molecule is O=S(=O)(C1CC1)N1CCC[C@@H](Nc2ncnc3c2ncn3C2CC2)C1. The zero-order valence-electron chi connectivity index (χ0n) is 14.0. The Morgan fingerprint density at radius 2 is 1.92 bits per heavy atom. The molecule has 2 saturated carbocycles. The summed E-state index contributed by atoms with van der Waals surface area (Å²) in [4.78, 5) is 13.2. The molecule has 0 bridgehead atoms. The maximum absolute atomic E-state index is 12.5. The maximum atomic E-state index is 12.5. The number of rotatable bonds is 5. The van der Waals surface area contributed by atoms with Gasteiger partial charge in [0.1, 0.15) is 11.8 Å². The Balaban J connectivity index is 1.37. The molecule has 1 N–H and O–H groups in total. The van der Waals surface area contributed by atoms with E-state index in [1.165, 1.54) is 12.8 Å². The van der Waals surface area contributed by atoms with E-state index in [2.05, 4.69) is 24.8 Å². The quantitative estimate of drug-likeness (QED) is 0.867. The van der Waals surface area contributed by atoms with Gasteiger partial charge in [0.2, 0.25) is 10.0 Å². The Bertz CT molecular complexity index is 902. The lowest BCUT2D eigenvalue weighted by Crippen LogP contribution is -2.46. The summed E-state index contributed by atoms with van der Waals surface area (Å²) in [6.45, 7) is 1.14. The summed E-state index contributed by atoms with van der Waals surface area (Å²) in [5.74, 6) is 0.708. The highest BCUT2D eigenvalue weighted by atomic mass is 32.2. The van der Waals surface area contributed by atoms with Gasteiger partial charge >= 0.3 is 0 Å². The first-order valence-corrected chi connectivity index (χ1v) is 10.6. The summed E-state index contributed by atoms with van der Waals surface area (Å²) >= 11 is 0. The van der Waals surface area contributed by atoms with Crippen molar-refractivity contribution in [2.45, 2.75) is 55.9 Å². The zero-order chi connectivity index (χ0) is 17.0. The van der Waals surface area contributed by atoms with Gasteiger partial charge in [-0.05, 0) is 38.5 Å². The van der Waals surface area contributed by atoms with Crippen molar-refractivity contribution in [2.24, 2.45) is 0 Å². The first-order valence-electron chi connectivity index (χ1n) is 9.06. The summed E-state index contributed by atoms with van der Waals surface area (Å²) in [7, 11) is -3.11. The Morgan fingerprint density at radius 3 is 2.68 bits per heavy atom. The molecule has 1 atom stereocenters. The van der Waals surface area contributed by atoms with Crippen molar-refractivity contribution < 1.29 is 8.42 Å². The van der Waals surface area contributed by atoms with E-state index < -0.39 is 10.0 Å². The molecule has 3 aliphatic rings. The number of nitrogens with one attached hydrogen (secondary N) is 1. The van der Waals surface area contributed by atoms with Crippen LogP contribution in [0, 0.1) is 0 Å². The van der Waals surface area contributed by atoms with E-state index in [0.29, 0.717) is 24.9 Å². The zero-order valence-corrected chi connectivity index (χ0v) is 14.8. The monoisotopic (exact) mass is 362 g/mol. The van der Waals surface area contributed by atoms with Crippen molar-refractivity contribution in [2.75, 3.05) is 18.4 Å². The number of anilines is 1. The van der Waals surface area contributed by atoms with Crippen LogP contribution in [0.5, 0.6) is 0 Å². The van der Waals surface area contributed by atoms with Gasteiger partial charge in [0.15, 0.2) is 11.5 Å². The number of nitrogens with zero attached hydrogens (tertiary/aromatic N) is 5. The van der Waals surface area contributed by atoms with Gasteiger partial charge in [-0.15, -0.1) is 0 Å². The third-order valence-corrected chi connectivity index (χ3v) is 7.69. The second-order valence-corrected chi connectivity index (χ2v) is 9.58. The Hall–Kier alpha value is -1.74. The van der Waals surface area contributed by atoms with E-state index in [9.17, 15) is 8.42 Å². The largest absolute Gasteiger partial charge is 0.364 e. The van der Waals surface area contributed by atoms with Crippen LogP contribution >= 0.6 is 0 Å². The second-order valence-electron chi connectivity index (χ2n) is 7.36. The number of hydrogen-bond acceptors (Lipinski definition) is 6. The van der Waals surface area contributed by atoms with E-state index >= 15 is 0 Å². The van der Waals surface area contributed by atoms with Gasteiger partial charge in [0, 0.05) is 25.2 Å². The minimum absolute atomic E-state index is 0.0615. The van der Waals surface area contributed by atoms with E-state index in [0.717, 1.165) is 36.8 Å². The van der Waals surface area contributed by atoms with E-state index in [-0.39, 0.29) is 11.3 Å². The molecule has 0 radical (unpaired) electrons. The van der Waals surface area contributed by atoms with Crippen molar-refractivity contribution in [3.63, 3.8) is 0 Å². The molecule has 0 unspecified atom stereocenters. The minimum Gasteiger partial charge on any atom is -0.364 e. The smallest absolute Gasteiger partial charge is 0.217 e. The third-order valence-electron chi connectivity index (χ3n) is 5.33. The topological polar surface area (TPSA) is 93.0 Å². The summed E-state index contributed by atoms with van der Waals surface area (Å²) in [5.41, 5.74) is 1.63. The van der Waals surface area contributed by atoms with Crippen LogP contribution in [0.25, 0.3) is 11.2 Å². The molecule has 0 spiro atoms. The van der Waals surface area contributed by atoms with Crippen LogP contribution in [-0.2, 0) is 10.0 Å². The highest BCUT2D eigenvalue weighted by Crippen LogP contribution is 2.37. The van der Waals surface area contributed by atoms with Gasteiger partial charge in [0.05, 0.1) is 11.6 Å². The third kappa shape index (κ3) is 2.79. The highest BCUT2D eigenvalue weighted by Gasteiger charge is 2.41. The van der Waals surface area contributed by atoms with Gasteiger partial charge < -0.3 is 9.88 Å². The number of piperidine rings is 1. The Kier molecular flexibility index (Phi) is 3.50. The molecule has 2 aliphatic carbocycles. The van der Waals surface area contributed by atoms with Crippen molar-refractivity contribution in [3.05, 3.63) is 12.7 Å². The van der Waals surface area contributed by atoms with Crippen LogP contribution in [0.2, 0.25) is 0 Å². The molecule has 2 aromatic heterocycles. The fourth-order valence-corrected chi connectivity index (χ4v) is 5.56. The normalized spacial score (nSPS) is 25.4. The molecule has 9 heteroatoms. The highest BCUT2D eigenvalue weighted by molar-refractivity contribution is 7.90. The van der Waals surface area contributed by atoms with E-state index in [1.807, 2.05) is 6.33 Å². The second kappa shape index (κ2) is 5.63. The average molecular weight is 362 g/mol. The molecule has 1 aliphatic heterocycles. The van der Waals surface area contributed by atoms with Gasteiger partial charge in [-0.2, -0.15) is 4.31 Å². The molecule has 1 saturated heterocycles. The van der Waals surface area contributed by atoms with Gasteiger partial charge in [0.25, 0.3) is 0 Å². The number of hydrogen-bond donors (Lipinski definition) is 1. The molecule has 0 amide bonds. The lowest BCUT2D eigenvalue weighted by atomic mass is 10.1. The summed E-state index contributed by atoms with van der Waals surface area (Å²) in [6, 6.07) is 0.577. The van der Waals surface area contributed by atoms with Crippen molar-refractivity contribution >= 4 is 27.0 Å². The molecular formula is C16H22N6O2S. The Labute approximate surface area is 146 Å². The van der Waals surface area contributed by atoms with E-state index in [1.54, 1.807) is 10.6 Å². The maximum Gasteiger partial charge on any atom is 0.217 e. The molecule has 0 aromatic carbocycles. The van der Waals surface area contributed by atoms with Crippen LogP contribution in [0.3, 0.4) is 0 Å². The molecule has 25 heavy (non-hydrogen) atoms. The minimum atomic E-state index is -3.11. The molecule has 2 aromatic rings. The molecule has 3 heterocycles. The molecule has 134 valence electrons. The van der Waals surface area contributed by atoms with Crippen LogP contribution in [0.15, 0.2) is 12.7 Å². The molecule has 8 nitrogen and oxygen atoms in total. The number of aromatic nitrogens is 4. The van der Waals surface area contributed by atoms with Gasteiger partial charge in [-0.25, -0.2) is 23.4 Å². The van der Waals surface area contributed by atoms with Crippen LogP contribution < -0.4 is 5.32 Å². The van der Waals surface area contributed by atoms with Crippen molar-refractivity contribution in [1.29, 1.82) is 0 Å². The Morgan fingerprint density at radius 1 is 1.08 bits per heavy atom. The predicted octanol–water partition coefficient (Wildman–Crippen LogP) is 1.53. The van der Waals surface area contributed by atoms with Gasteiger partial charge in [-0.3, -0.25) is 0 Å². The van der Waals surface area contributed by atoms with Crippen LogP contribution in [-0.4, -0.2) is 56.6 Å². The van der Waals surface area contributed by atoms with Crippen LogP contribution in [0.4, 0.5) is 5.82 Å². The first kappa shape index (κ1) is 15.5.